The van der Waals surface area contributed by atoms with Crippen LogP contribution in [0, 0.1) is 6.92 Å². The number of phenols is 1. The number of fused-ring (bicyclic) bond motifs is 2. The van der Waals surface area contributed by atoms with Crippen LogP contribution in [0.1, 0.15) is 54.2 Å². The molecule has 9 heteroatoms. The van der Waals surface area contributed by atoms with Crippen LogP contribution in [0.3, 0.4) is 0 Å². The summed E-state index contributed by atoms with van der Waals surface area (Å²) in [6.07, 6.45) is 1.49. The highest BCUT2D eigenvalue weighted by Crippen LogP contribution is 2.36. The summed E-state index contributed by atoms with van der Waals surface area (Å²) in [6.45, 7) is 3.04. The number of nitrogens with zero attached hydrogens (tertiary/aromatic N) is 4. The Bertz CT molecular complexity index is 2120. The second-order valence-electron chi connectivity index (χ2n) is 13.6. The summed E-state index contributed by atoms with van der Waals surface area (Å²) in [7, 11) is 3.59. The first-order valence-electron chi connectivity index (χ1n) is 17.3. The minimum atomic E-state index is -0.397. The Morgan fingerprint density at radius 1 is 0.824 bits per heavy atom. The van der Waals surface area contributed by atoms with Crippen molar-refractivity contribution in [3.8, 4) is 17.0 Å². The Kier molecular flexibility index (Phi) is 9.23. The van der Waals surface area contributed by atoms with Gasteiger partial charge < -0.3 is 29.5 Å². The fourth-order valence-electron chi connectivity index (χ4n) is 7.38. The summed E-state index contributed by atoms with van der Waals surface area (Å²) in [5.74, 6) is -0.268. The van der Waals surface area contributed by atoms with Crippen molar-refractivity contribution < 1.29 is 24.6 Å². The van der Waals surface area contributed by atoms with Crippen LogP contribution in [0.15, 0.2) is 97.1 Å². The maximum atomic E-state index is 14.8. The lowest BCUT2D eigenvalue weighted by molar-refractivity contribution is -0.131. The van der Waals surface area contributed by atoms with E-state index in [9.17, 15) is 24.6 Å². The maximum absolute atomic E-state index is 14.8. The predicted molar refractivity (Wildman–Crippen MR) is 197 cm³/mol. The fourth-order valence-corrected chi connectivity index (χ4v) is 7.38. The highest BCUT2D eigenvalue weighted by atomic mass is 16.3. The molecule has 7 rings (SSSR count). The summed E-state index contributed by atoms with van der Waals surface area (Å²) in [6, 6.07) is 29.6. The molecule has 5 aromatic rings. The fraction of sp³-hybridized carbons (Fsp3) is 0.262. The van der Waals surface area contributed by atoms with Crippen LogP contribution in [-0.4, -0.2) is 68.5 Å². The number of aromatic hydroxyl groups is 1. The summed E-state index contributed by atoms with van der Waals surface area (Å²) >= 11 is 0. The molecule has 0 saturated heterocycles. The second-order valence-corrected chi connectivity index (χ2v) is 13.6. The first kappa shape index (κ1) is 33.8. The van der Waals surface area contributed by atoms with E-state index >= 15 is 0 Å². The van der Waals surface area contributed by atoms with E-state index in [-0.39, 0.29) is 30.1 Å². The van der Waals surface area contributed by atoms with Gasteiger partial charge >= 0.3 is 0 Å². The molecule has 3 amide bonds. The molecule has 9 nitrogen and oxygen atoms in total. The molecule has 2 aliphatic heterocycles. The molecule has 0 spiro atoms. The van der Waals surface area contributed by atoms with E-state index in [1.807, 2.05) is 90.2 Å². The van der Waals surface area contributed by atoms with Gasteiger partial charge in [0.2, 0.25) is 5.91 Å². The zero-order valence-electron chi connectivity index (χ0n) is 29.2. The molecule has 2 N–H and O–H groups in total. The average Bonchev–Trinajstić information content (AvgIpc) is 3.46. The number of rotatable bonds is 7. The smallest absolute Gasteiger partial charge is 0.259 e. The monoisotopic (exact) mass is 682 g/mol. The van der Waals surface area contributed by atoms with Crippen LogP contribution < -0.4 is 4.90 Å². The maximum Gasteiger partial charge on any atom is 0.259 e. The number of carbonyl (C=O) groups is 3. The van der Waals surface area contributed by atoms with Crippen molar-refractivity contribution in [2.24, 2.45) is 7.05 Å². The molecular weight excluding hydrogens is 640 g/mol. The highest BCUT2D eigenvalue weighted by molar-refractivity contribution is 6.08. The normalized spacial score (nSPS) is 15.3. The topological polar surface area (TPSA) is 106 Å². The number of aliphatic hydroxyl groups excluding tert-OH is 1. The largest absolute Gasteiger partial charge is 0.508 e. The molecule has 0 fully saturated rings. The lowest BCUT2D eigenvalue weighted by Crippen LogP contribution is -2.46. The third-order valence-corrected chi connectivity index (χ3v) is 10.5. The molecular formula is C42H42N4O5. The molecule has 0 aliphatic carbocycles. The van der Waals surface area contributed by atoms with Gasteiger partial charge in [-0.1, -0.05) is 54.6 Å². The number of hydrogen-bond donors (Lipinski definition) is 2. The minimum absolute atomic E-state index is 0.0377. The van der Waals surface area contributed by atoms with Gasteiger partial charge in [-0.25, -0.2) is 0 Å². The molecule has 0 bridgehead atoms. The van der Waals surface area contributed by atoms with Crippen LogP contribution >= 0.6 is 0 Å². The van der Waals surface area contributed by atoms with Crippen LogP contribution in [-0.2, 0) is 44.2 Å². The van der Waals surface area contributed by atoms with Crippen molar-refractivity contribution in [3.05, 3.63) is 142 Å². The predicted octanol–water partition coefficient (Wildman–Crippen LogP) is 5.67. The van der Waals surface area contributed by atoms with Gasteiger partial charge in [0.1, 0.15) is 5.75 Å². The van der Waals surface area contributed by atoms with Crippen molar-refractivity contribution >= 4 is 23.4 Å². The third kappa shape index (κ3) is 6.53. The van der Waals surface area contributed by atoms with Crippen molar-refractivity contribution in [1.82, 2.24) is 14.4 Å². The number of benzene rings is 4. The van der Waals surface area contributed by atoms with E-state index in [0.29, 0.717) is 61.3 Å². The molecule has 2 aliphatic rings. The van der Waals surface area contributed by atoms with Gasteiger partial charge in [0.05, 0.1) is 24.6 Å². The standard InChI is InChI=1S/C42H42N4O5/c1-27-36(41(50)44(3)33-13-15-35(48)16-14-33)23-39(43(27)2)37-21-30-17-18-45(40(49)19-28-9-5-4-6-10-28)24-32(30)22-38(37)42(51)46-25-31-12-8-7-11-29(31)20-34(46)26-47/h4-16,21-23,34,47-48H,17-20,24-26H2,1-3H3/t34-/m0/s1. The number of anilines is 1. The Morgan fingerprint density at radius 3 is 2.25 bits per heavy atom. The van der Waals surface area contributed by atoms with E-state index in [1.165, 1.54) is 0 Å². The molecule has 260 valence electrons. The first-order chi connectivity index (χ1) is 24.6. The molecule has 0 unspecified atom stereocenters. The molecule has 0 saturated carbocycles. The first-order valence-corrected chi connectivity index (χ1v) is 17.3. The SMILES string of the molecule is Cc1c(C(=O)N(C)c2ccc(O)cc2)cc(-c2cc3c(cc2C(=O)N2Cc4ccccc4C[C@H]2CO)CN(C(=O)Cc2ccccc2)CC3)n1C. The van der Waals surface area contributed by atoms with Crippen LogP contribution in [0.25, 0.3) is 11.3 Å². The van der Waals surface area contributed by atoms with Gasteiger partial charge in [-0.05, 0) is 90.0 Å². The number of hydrogen-bond acceptors (Lipinski definition) is 5. The number of carbonyl (C=O) groups excluding carboxylic acids is 3. The van der Waals surface area contributed by atoms with Crippen LogP contribution in [0.5, 0.6) is 5.75 Å². The lowest BCUT2D eigenvalue weighted by atomic mass is 9.89. The van der Waals surface area contributed by atoms with Gasteiger partial charge in [-0.15, -0.1) is 0 Å². The van der Waals surface area contributed by atoms with E-state index < -0.39 is 6.04 Å². The number of aromatic nitrogens is 1. The van der Waals surface area contributed by atoms with E-state index in [4.69, 9.17) is 0 Å². The van der Waals surface area contributed by atoms with Crippen LogP contribution in [0.4, 0.5) is 5.69 Å². The Balaban J connectivity index is 1.28. The van der Waals surface area contributed by atoms with E-state index in [0.717, 1.165) is 39.2 Å². The summed E-state index contributed by atoms with van der Waals surface area (Å²) in [5, 5.41) is 20.3. The van der Waals surface area contributed by atoms with Crippen molar-refractivity contribution in [2.45, 2.75) is 45.3 Å². The Labute approximate surface area is 298 Å². The molecule has 1 aromatic heterocycles. The number of amides is 3. The second kappa shape index (κ2) is 13.9. The lowest BCUT2D eigenvalue weighted by Gasteiger charge is -2.37. The van der Waals surface area contributed by atoms with E-state index in [2.05, 4.69) is 6.07 Å². The number of aliphatic hydroxyl groups is 1. The van der Waals surface area contributed by atoms with Gasteiger partial charge in [0, 0.05) is 61.9 Å². The van der Waals surface area contributed by atoms with E-state index in [1.54, 1.807) is 41.1 Å². The van der Waals surface area contributed by atoms with Gasteiger partial charge in [0.25, 0.3) is 11.8 Å². The Hall–Kier alpha value is -5.67. The summed E-state index contributed by atoms with van der Waals surface area (Å²) < 4.78 is 1.95. The molecule has 51 heavy (non-hydrogen) atoms. The molecule has 3 heterocycles. The van der Waals surface area contributed by atoms with Gasteiger partial charge in [0.15, 0.2) is 0 Å². The zero-order valence-corrected chi connectivity index (χ0v) is 29.2. The summed E-state index contributed by atoms with van der Waals surface area (Å²) in [5.41, 5.74) is 8.88. The molecule has 0 radical (unpaired) electrons. The highest BCUT2D eigenvalue weighted by Gasteiger charge is 2.33. The number of phenolic OH excluding ortho intramolecular Hbond substituents is 1. The van der Waals surface area contributed by atoms with Gasteiger partial charge in [-0.3, -0.25) is 14.4 Å². The van der Waals surface area contributed by atoms with Gasteiger partial charge in [-0.2, -0.15) is 0 Å². The Morgan fingerprint density at radius 2 is 1.53 bits per heavy atom. The molecule has 4 aromatic carbocycles. The summed E-state index contributed by atoms with van der Waals surface area (Å²) in [4.78, 5) is 47.3. The zero-order chi connectivity index (χ0) is 35.8. The third-order valence-electron chi connectivity index (χ3n) is 10.5. The average molecular weight is 683 g/mol. The van der Waals surface area contributed by atoms with Crippen molar-refractivity contribution in [3.63, 3.8) is 0 Å². The van der Waals surface area contributed by atoms with Crippen molar-refractivity contribution in [2.75, 3.05) is 25.1 Å². The minimum Gasteiger partial charge on any atom is -0.508 e. The quantitative estimate of drug-likeness (QED) is 0.230. The van der Waals surface area contributed by atoms with Crippen LogP contribution in [0.2, 0.25) is 0 Å². The molecule has 1 atom stereocenters. The van der Waals surface area contributed by atoms with Crippen molar-refractivity contribution in [1.29, 1.82) is 0 Å².